The van der Waals surface area contributed by atoms with Gasteiger partial charge in [-0.25, -0.2) is 34.9 Å². The molecular weight excluding hydrogens is 1460 g/mol. The van der Waals surface area contributed by atoms with E-state index in [0.717, 1.165) is 105 Å². The number of nitrogens with zero attached hydrogens (tertiary/aromatic N) is 17. The van der Waals surface area contributed by atoms with Crippen LogP contribution in [0.5, 0.6) is 11.5 Å². The number of amides is 4. The number of oxazole rings is 1. The molecule has 0 spiro atoms. The van der Waals surface area contributed by atoms with Gasteiger partial charge in [-0.15, -0.1) is 0 Å². The summed E-state index contributed by atoms with van der Waals surface area (Å²) >= 11 is 0. The van der Waals surface area contributed by atoms with Crippen molar-refractivity contribution in [2.75, 3.05) is 109 Å². The maximum Gasteiger partial charge on any atom is 0.227 e. The summed E-state index contributed by atoms with van der Waals surface area (Å²) < 4.78 is 32.6. The van der Waals surface area contributed by atoms with E-state index in [1.807, 2.05) is 107 Å². The highest BCUT2D eigenvalue weighted by atomic mass is 16.5. The van der Waals surface area contributed by atoms with Crippen molar-refractivity contribution >= 4 is 137 Å². The zero-order valence-electron chi connectivity index (χ0n) is 65.1. The fraction of sp³-hybridized carbons (Fsp3) is 0.278. The second-order valence-electron chi connectivity index (χ2n) is 26.2. The van der Waals surface area contributed by atoms with E-state index in [-0.39, 0.29) is 29.7 Å². The minimum atomic E-state index is -0.103. The van der Waals surface area contributed by atoms with E-state index < -0.39 is 0 Å². The average molecular weight is 1540 g/mol. The normalized spacial score (nSPS) is 12.0. The lowest BCUT2D eigenvalue weighted by Gasteiger charge is -2.24. The molecule has 10 N–H and O–H groups in total. The number of benzene rings is 2. The van der Waals surface area contributed by atoms with Crippen LogP contribution in [0.1, 0.15) is 92.2 Å². The van der Waals surface area contributed by atoms with Gasteiger partial charge in [-0.3, -0.25) is 19.2 Å². The molecular formula is C79H89N27O8. The van der Waals surface area contributed by atoms with Crippen LogP contribution in [-0.2, 0) is 23.9 Å². The van der Waals surface area contributed by atoms with Gasteiger partial charge in [0.1, 0.15) is 86.7 Å². The molecule has 16 rings (SSSR count). The molecule has 1 aliphatic rings. The van der Waals surface area contributed by atoms with Crippen molar-refractivity contribution in [3.63, 3.8) is 0 Å². The van der Waals surface area contributed by atoms with E-state index in [1.54, 1.807) is 103 Å². The first kappa shape index (κ1) is 77.9. The van der Waals surface area contributed by atoms with Crippen LogP contribution in [0.2, 0.25) is 0 Å². The summed E-state index contributed by atoms with van der Waals surface area (Å²) in [4.78, 5) is 79.8. The van der Waals surface area contributed by atoms with Gasteiger partial charge in [0, 0.05) is 174 Å². The van der Waals surface area contributed by atoms with Crippen LogP contribution >= 0.6 is 0 Å². The van der Waals surface area contributed by atoms with E-state index >= 15 is 0 Å². The van der Waals surface area contributed by atoms with Crippen LogP contribution in [0.15, 0.2) is 157 Å². The van der Waals surface area contributed by atoms with Crippen LogP contribution in [-0.4, -0.2) is 162 Å². The van der Waals surface area contributed by atoms with E-state index in [1.165, 1.54) is 6.26 Å². The Balaban J connectivity index is 0.000000133. The molecule has 13 aromatic heterocycles. The Kier molecular flexibility index (Phi) is 24.0. The maximum absolute atomic E-state index is 12.0. The third-order valence-corrected chi connectivity index (χ3v) is 18.6. The number of rotatable bonds is 23. The molecule has 1 saturated heterocycles. The lowest BCUT2D eigenvalue weighted by molar-refractivity contribution is -0.116. The Morgan fingerprint density at radius 1 is 0.474 bits per heavy atom. The minimum Gasteiger partial charge on any atom is -0.497 e. The summed E-state index contributed by atoms with van der Waals surface area (Å²) in [5, 5.41) is 49.9. The molecule has 114 heavy (non-hydrogen) atoms. The van der Waals surface area contributed by atoms with Gasteiger partial charge in [-0.1, -0.05) is 39.8 Å². The van der Waals surface area contributed by atoms with Gasteiger partial charge in [0.2, 0.25) is 29.5 Å². The molecule has 0 saturated carbocycles. The molecule has 0 aliphatic carbocycles. The SMILES string of the molecule is CCC(=O)Nc1cnn2c(NC)cc(-c3cn(C(C)C)c4ncccc34)nc12.CCC(=O)Nc1cnn2c(NC)cc(-c3cn(C4CCOCC4)c4ncccc34)nc12.CCC(=O)Nc1cnn2c(NC)cc(Nc3cc(OC)cc(OC)c3)nc12.CCC(=O)Nc1cnn2c(NC)cc(Nc3ccccc3-c3ncco3)nc12. The Labute approximate surface area is 654 Å². The molecule has 0 bridgehead atoms. The first-order chi connectivity index (χ1) is 55.5. The first-order valence-electron chi connectivity index (χ1n) is 37.2. The Bertz CT molecular complexity index is 5930. The monoisotopic (exact) mass is 1540 g/mol. The average Bonchev–Trinajstić information content (AvgIpc) is 1.63. The fourth-order valence-electron chi connectivity index (χ4n) is 12.8. The zero-order valence-corrected chi connectivity index (χ0v) is 65.1. The highest BCUT2D eigenvalue weighted by molar-refractivity contribution is 6.00. The van der Waals surface area contributed by atoms with Crippen molar-refractivity contribution in [1.29, 1.82) is 0 Å². The summed E-state index contributed by atoms with van der Waals surface area (Å²) in [7, 11) is 10.5. The Morgan fingerprint density at radius 2 is 0.912 bits per heavy atom. The summed E-state index contributed by atoms with van der Waals surface area (Å²) in [6.45, 7) is 13.0. The van der Waals surface area contributed by atoms with E-state index in [0.29, 0.717) is 112 Å². The molecule has 35 heteroatoms. The predicted octanol–water partition coefficient (Wildman–Crippen LogP) is 13.6. The van der Waals surface area contributed by atoms with Gasteiger partial charge < -0.3 is 80.9 Å². The van der Waals surface area contributed by atoms with Gasteiger partial charge in [0.05, 0.1) is 67.8 Å². The standard InChI is InChI=1S/C22H25N7O2.C20H23N7O.C19H19N7O2.C18H22N6O3/c1-3-20(30)26-18-12-25-29-19(23-2)11-17(27-22(18)29)16-13-28(14-6-9-31-10-7-14)21-15(16)5-4-8-24-21;1-5-18(28)24-16-10-23-27-17(21-4)9-15(25-20(16)27)14-11-26(12(2)3)19-13(14)7-6-8-22-19;1-3-17(27)24-14-11-22-26-16(20-2)10-15(25-18(14)26)23-13-7-5-4-6-12(13)19-21-8-9-28-19;1-5-17(25)22-14-10-20-24-16(19-2)9-15(23-18(14)24)21-11-6-12(26-3)8-13(7-11)27-4/h4-5,8,11-14,23H,3,6-7,9-10H2,1-2H3,(H,26,30);6-12,21H,5H2,1-4H3,(H,24,28);4-11,20H,3H2,1-2H3,(H,23,25)(H,24,27);6-10,19H,5H2,1-4H3,(H,21,23)(H,22,25). The van der Waals surface area contributed by atoms with Gasteiger partial charge in [0.25, 0.3) is 0 Å². The molecule has 35 nitrogen and oxygen atoms in total. The number of fused-ring (bicyclic) bond motifs is 6. The molecule has 2 aromatic carbocycles. The van der Waals surface area contributed by atoms with Crippen LogP contribution in [0.4, 0.5) is 69.0 Å². The lowest BCUT2D eigenvalue weighted by atomic mass is 10.1. The predicted molar refractivity (Wildman–Crippen MR) is 441 cm³/mol. The quantitative estimate of drug-likeness (QED) is 0.0284. The number of anilines is 12. The van der Waals surface area contributed by atoms with Gasteiger partial charge in [-0.2, -0.15) is 38.5 Å². The van der Waals surface area contributed by atoms with Crippen molar-refractivity contribution in [3.05, 3.63) is 153 Å². The number of methoxy groups -OCH3 is 2. The van der Waals surface area contributed by atoms with Crippen LogP contribution < -0.4 is 62.6 Å². The van der Waals surface area contributed by atoms with Crippen LogP contribution in [0, 0.1) is 0 Å². The highest BCUT2D eigenvalue weighted by Gasteiger charge is 2.25. The third-order valence-electron chi connectivity index (χ3n) is 18.6. The van der Waals surface area contributed by atoms with Crippen LogP contribution in [0.3, 0.4) is 0 Å². The molecule has 1 aliphatic heterocycles. The van der Waals surface area contributed by atoms with Gasteiger partial charge in [0.15, 0.2) is 22.6 Å². The molecule has 15 aromatic rings. The topological polar surface area (TPSA) is 399 Å². The zero-order chi connectivity index (χ0) is 80.1. The molecule has 14 heterocycles. The van der Waals surface area contributed by atoms with E-state index in [4.69, 9.17) is 28.6 Å². The number of hydrogen-bond acceptors (Lipinski definition) is 25. The minimum absolute atomic E-state index is 0.0753. The number of para-hydroxylation sites is 1. The number of hydrogen-bond donors (Lipinski definition) is 10. The summed E-state index contributed by atoms with van der Waals surface area (Å²) in [5.41, 5.74) is 12.4. The number of carbonyl (C=O) groups is 4. The summed E-state index contributed by atoms with van der Waals surface area (Å²) in [6.07, 6.45) is 20.9. The van der Waals surface area contributed by atoms with Crippen molar-refractivity contribution in [3.8, 4) is 45.5 Å². The number of carbonyl (C=O) groups excluding carboxylic acids is 4. The van der Waals surface area contributed by atoms with Gasteiger partial charge >= 0.3 is 0 Å². The third kappa shape index (κ3) is 16.7. The second-order valence-corrected chi connectivity index (χ2v) is 26.2. The first-order valence-corrected chi connectivity index (χ1v) is 37.2. The number of pyridine rings is 2. The molecule has 0 radical (unpaired) electrons. The Hall–Kier alpha value is -14.3. The fourth-order valence-corrected chi connectivity index (χ4v) is 12.8. The molecule has 0 atom stereocenters. The number of ether oxygens (including phenoxy) is 3. The van der Waals surface area contributed by atoms with Crippen molar-refractivity contribution < 1.29 is 37.8 Å². The molecule has 1 fully saturated rings. The van der Waals surface area contributed by atoms with E-state index in [2.05, 4.69) is 146 Å². The van der Waals surface area contributed by atoms with Crippen LogP contribution in [0.25, 0.3) is 78.6 Å². The maximum atomic E-state index is 12.0. The van der Waals surface area contributed by atoms with E-state index in [9.17, 15) is 19.2 Å². The summed E-state index contributed by atoms with van der Waals surface area (Å²) in [5.74, 6) is 5.65. The number of nitrogens with one attached hydrogen (secondary N) is 10. The molecule has 0 unspecified atom stereocenters. The molecule has 588 valence electrons. The smallest absolute Gasteiger partial charge is 0.227 e. The van der Waals surface area contributed by atoms with Gasteiger partial charge in [-0.05, 0) is 63.1 Å². The van der Waals surface area contributed by atoms with Crippen molar-refractivity contribution in [1.82, 2.24) is 82.5 Å². The largest absolute Gasteiger partial charge is 0.497 e. The summed E-state index contributed by atoms with van der Waals surface area (Å²) in [6, 6.07) is 29.3. The Morgan fingerprint density at radius 3 is 1.36 bits per heavy atom. The van der Waals surface area contributed by atoms with Crippen molar-refractivity contribution in [2.24, 2.45) is 0 Å². The highest BCUT2D eigenvalue weighted by Crippen LogP contribution is 2.38. The second kappa shape index (κ2) is 35.2. The van der Waals surface area contributed by atoms with Crippen molar-refractivity contribution in [2.45, 2.75) is 92.2 Å². The number of aromatic nitrogens is 17. The lowest BCUT2D eigenvalue weighted by Crippen LogP contribution is -2.19. The molecule has 4 amide bonds.